The van der Waals surface area contributed by atoms with E-state index < -0.39 is 0 Å². The van der Waals surface area contributed by atoms with E-state index in [0.717, 1.165) is 24.4 Å². The lowest BCUT2D eigenvalue weighted by Gasteiger charge is -2.45. The Kier molecular flexibility index (Phi) is 7.38. The zero-order chi connectivity index (χ0) is 14.4. The van der Waals surface area contributed by atoms with Crippen LogP contribution in [0.25, 0.3) is 0 Å². The highest BCUT2D eigenvalue weighted by Gasteiger charge is 2.34. The Morgan fingerprint density at radius 3 is 2.26 bits per heavy atom. The molecular formula is C17H36N2. The topological polar surface area (TPSA) is 15.3 Å². The van der Waals surface area contributed by atoms with Crippen LogP contribution in [0.2, 0.25) is 0 Å². The molecule has 0 saturated heterocycles. The van der Waals surface area contributed by atoms with Gasteiger partial charge >= 0.3 is 0 Å². The predicted molar refractivity (Wildman–Crippen MR) is 85.6 cm³/mol. The third kappa shape index (κ3) is 5.07. The minimum Gasteiger partial charge on any atom is -0.313 e. The number of hydrogen-bond acceptors (Lipinski definition) is 2. The van der Waals surface area contributed by atoms with E-state index in [1.165, 1.54) is 32.2 Å². The van der Waals surface area contributed by atoms with E-state index >= 15 is 0 Å². The molecule has 1 fully saturated rings. The third-order valence-corrected chi connectivity index (χ3v) is 4.63. The van der Waals surface area contributed by atoms with Gasteiger partial charge in [0, 0.05) is 24.7 Å². The molecule has 1 aliphatic rings. The van der Waals surface area contributed by atoms with E-state index in [2.05, 4.69) is 51.8 Å². The Labute approximate surface area is 121 Å². The molecule has 3 unspecified atom stereocenters. The van der Waals surface area contributed by atoms with Gasteiger partial charge in [0.15, 0.2) is 0 Å². The Morgan fingerprint density at radius 1 is 1.11 bits per heavy atom. The van der Waals surface area contributed by atoms with Crippen molar-refractivity contribution in [2.24, 2.45) is 11.8 Å². The number of hydrogen-bond donors (Lipinski definition) is 1. The third-order valence-electron chi connectivity index (χ3n) is 4.63. The van der Waals surface area contributed by atoms with Crippen LogP contribution >= 0.6 is 0 Å². The molecule has 1 aliphatic carbocycles. The maximum Gasteiger partial charge on any atom is 0.0254 e. The van der Waals surface area contributed by atoms with Gasteiger partial charge in [0.2, 0.25) is 0 Å². The number of rotatable bonds is 7. The summed E-state index contributed by atoms with van der Waals surface area (Å²) in [5.74, 6) is 1.69. The average molecular weight is 268 g/mol. The molecular weight excluding hydrogens is 232 g/mol. The normalized spacial score (nSPS) is 28.6. The number of likely N-dealkylation sites (N-methyl/N-ethyl adjacent to an activating group) is 1. The molecule has 0 amide bonds. The Morgan fingerprint density at radius 2 is 1.79 bits per heavy atom. The smallest absolute Gasteiger partial charge is 0.0254 e. The largest absolute Gasteiger partial charge is 0.313 e. The van der Waals surface area contributed by atoms with E-state index in [-0.39, 0.29) is 0 Å². The lowest BCUT2D eigenvalue weighted by Crippen LogP contribution is -2.56. The highest BCUT2D eigenvalue weighted by atomic mass is 15.2. The lowest BCUT2D eigenvalue weighted by molar-refractivity contribution is 0.0608. The molecule has 1 N–H and O–H groups in total. The lowest BCUT2D eigenvalue weighted by atomic mass is 9.79. The van der Waals surface area contributed by atoms with E-state index in [1.54, 1.807) is 0 Å². The Bertz CT molecular complexity index is 237. The highest BCUT2D eigenvalue weighted by Crippen LogP contribution is 2.31. The summed E-state index contributed by atoms with van der Waals surface area (Å²) in [4.78, 5) is 2.76. The molecule has 1 rings (SSSR count). The zero-order valence-corrected chi connectivity index (χ0v) is 14.1. The predicted octanol–water partition coefficient (Wildman–Crippen LogP) is 3.91. The van der Waals surface area contributed by atoms with E-state index in [1.807, 2.05) is 0 Å². The van der Waals surface area contributed by atoms with Crippen molar-refractivity contribution in [2.45, 2.75) is 85.4 Å². The molecule has 0 spiro atoms. The molecule has 0 aromatic carbocycles. The molecule has 0 aromatic heterocycles. The van der Waals surface area contributed by atoms with Gasteiger partial charge in [0.05, 0.1) is 0 Å². The first kappa shape index (κ1) is 17.0. The van der Waals surface area contributed by atoms with Gasteiger partial charge in [-0.05, 0) is 51.5 Å². The SMILES string of the molecule is CCNC1CCC(CC)CC1N(CC(C)C)C(C)C. The summed E-state index contributed by atoms with van der Waals surface area (Å²) in [7, 11) is 0. The molecule has 0 heterocycles. The molecule has 1 saturated carbocycles. The Hall–Kier alpha value is -0.0800. The van der Waals surface area contributed by atoms with Crippen molar-refractivity contribution in [1.29, 1.82) is 0 Å². The second kappa shape index (κ2) is 8.26. The van der Waals surface area contributed by atoms with Gasteiger partial charge in [-0.15, -0.1) is 0 Å². The van der Waals surface area contributed by atoms with Crippen LogP contribution in [0.4, 0.5) is 0 Å². The Balaban J connectivity index is 2.78. The monoisotopic (exact) mass is 268 g/mol. The summed E-state index contributed by atoms with van der Waals surface area (Å²) < 4.78 is 0. The van der Waals surface area contributed by atoms with Crippen LogP contribution in [0.15, 0.2) is 0 Å². The van der Waals surface area contributed by atoms with Crippen LogP contribution in [0, 0.1) is 11.8 Å². The minimum absolute atomic E-state index is 0.657. The summed E-state index contributed by atoms with van der Waals surface area (Å²) in [6.07, 6.45) is 5.51. The molecule has 114 valence electrons. The first-order valence-electron chi connectivity index (χ1n) is 8.48. The van der Waals surface area contributed by atoms with Crippen LogP contribution in [0.5, 0.6) is 0 Å². The summed E-state index contributed by atoms with van der Waals surface area (Å²) >= 11 is 0. The van der Waals surface area contributed by atoms with Gasteiger partial charge < -0.3 is 5.32 Å². The number of nitrogens with zero attached hydrogens (tertiary/aromatic N) is 1. The molecule has 0 radical (unpaired) electrons. The minimum atomic E-state index is 0.657. The van der Waals surface area contributed by atoms with Gasteiger partial charge in [-0.1, -0.05) is 34.1 Å². The van der Waals surface area contributed by atoms with Crippen molar-refractivity contribution in [3.63, 3.8) is 0 Å². The quantitative estimate of drug-likeness (QED) is 0.753. The van der Waals surface area contributed by atoms with Crippen molar-refractivity contribution in [2.75, 3.05) is 13.1 Å². The van der Waals surface area contributed by atoms with E-state index in [4.69, 9.17) is 0 Å². The highest BCUT2D eigenvalue weighted by molar-refractivity contribution is 4.92. The van der Waals surface area contributed by atoms with Crippen molar-refractivity contribution < 1.29 is 0 Å². The van der Waals surface area contributed by atoms with Crippen molar-refractivity contribution >= 4 is 0 Å². The van der Waals surface area contributed by atoms with E-state index in [0.29, 0.717) is 12.1 Å². The first-order chi connectivity index (χ1) is 8.99. The van der Waals surface area contributed by atoms with Gasteiger partial charge in [0.1, 0.15) is 0 Å². The molecule has 2 heteroatoms. The molecule has 0 bridgehead atoms. The van der Waals surface area contributed by atoms with Crippen LogP contribution in [-0.4, -0.2) is 36.1 Å². The van der Waals surface area contributed by atoms with E-state index in [9.17, 15) is 0 Å². The average Bonchev–Trinajstić information content (AvgIpc) is 2.36. The summed E-state index contributed by atoms with van der Waals surface area (Å²) in [5, 5.41) is 3.75. The maximum atomic E-state index is 3.75. The molecule has 0 aromatic rings. The number of nitrogens with one attached hydrogen (secondary N) is 1. The first-order valence-corrected chi connectivity index (χ1v) is 8.48. The summed E-state index contributed by atoms with van der Waals surface area (Å²) in [6, 6.07) is 2.10. The molecule has 19 heavy (non-hydrogen) atoms. The van der Waals surface area contributed by atoms with Gasteiger partial charge in [-0.25, -0.2) is 0 Å². The second-order valence-corrected chi connectivity index (χ2v) is 7.00. The fraction of sp³-hybridized carbons (Fsp3) is 1.00. The van der Waals surface area contributed by atoms with Gasteiger partial charge in [-0.2, -0.15) is 0 Å². The molecule has 2 nitrogen and oxygen atoms in total. The van der Waals surface area contributed by atoms with Crippen molar-refractivity contribution in [1.82, 2.24) is 10.2 Å². The molecule has 3 atom stereocenters. The fourth-order valence-electron chi connectivity index (χ4n) is 3.62. The fourth-order valence-corrected chi connectivity index (χ4v) is 3.62. The summed E-state index contributed by atoms with van der Waals surface area (Å²) in [5.41, 5.74) is 0. The zero-order valence-electron chi connectivity index (χ0n) is 14.1. The van der Waals surface area contributed by atoms with Crippen LogP contribution in [0.1, 0.15) is 67.2 Å². The maximum absolute atomic E-state index is 3.75. The second-order valence-electron chi connectivity index (χ2n) is 7.00. The van der Waals surface area contributed by atoms with Crippen LogP contribution in [0.3, 0.4) is 0 Å². The van der Waals surface area contributed by atoms with Gasteiger partial charge in [0.25, 0.3) is 0 Å². The van der Waals surface area contributed by atoms with Gasteiger partial charge in [-0.3, -0.25) is 4.90 Å². The van der Waals surface area contributed by atoms with Crippen LogP contribution in [-0.2, 0) is 0 Å². The summed E-state index contributed by atoms with van der Waals surface area (Å²) in [6.45, 7) is 16.4. The van der Waals surface area contributed by atoms with Crippen molar-refractivity contribution in [3.05, 3.63) is 0 Å². The molecule has 0 aliphatic heterocycles. The standard InChI is InChI=1S/C17H36N2/c1-7-15-9-10-16(18-8-2)17(11-15)19(14(5)6)12-13(3)4/h13-18H,7-12H2,1-6H3. The van der Waals surface area contributed by atoms with Crippen molar-refractivity contribution in [3.8, 4) is 0 Å². The van der Waals surface area contributed by atoms with Crippen LogP contribution < -0.4 is 5.32 Å².